The Bertz CT molecular complexity index is 182. The van der Waals surface area contributed by atoms with E-state index in [2.05, 4.69) is 24.5 Å². The zero-order valence-electron chi connectivity index (χ0n) is 7.81. The first kappa shape index (κ1) is 9.86. The fourth-order valence-corrected chi connectivity index (χ4v) is 2.28. The number of thioether (sulfide) groups is 1. The second kappa shape index (κ2) is 3.66. The lowest BCUT2D eigenvalue weighted by molar-refractivity contribution is -0.122. The molecule has 12 heavy (non-hydrogen) atoms. The lowest BCUT2D eigenvalue weighted by Crippen LogP contribution is -2.46. The Morgan fingerprint density at radius 3 is 2.83 bits per heavy atom. The van der Waals surface area contributed by atoms with Crippen LogP contribution in [0, 0.1) is 0 Å². The number of hydrogen-bond donors (Lipinski definition) is 2. The second-order valence-electron chi connectivity index (χ2n) is 3.41. The molecule has 0 aliphatic carbocycles. The molecule has 1 fully saturated rings. The predicted octanol–water partition coefficient (Wildman–Crippen LogP) is 0.564. The molecular formula is C8H16N2OS. The first-order valence-electron chi connectivity index (χ1n) is 4.24. The summed E-state index contributed by atoms with van der Waals surface area (Å²) in [4.78, 5) is 11.4. The van der Waals surface area contributed by atoms with Gasteiger partial charge in [0.15, 0.2) is 0 Å². The Kier molecular flexibility index (Phi) is 3.01. The smallest absolute Gasteiger partial charge is 0.238 e. The normalized spacial score (nSPS) is 27.1. The fraction of sp³-hybridized carbons (Fsp3) is 0.875. The van der Waals surface area contributed by atoms with Crippen molar-refractivity contribution in [3.05, 3.63) is 0 Å². The minimum atomic E-state index is -0.00931. The summed E-state index contributed by atoms with van der Waals surface area (Å²) in [5, 5.41) is 6.08. The lowest BCUT2D eigenvalue weighted by Gasteiger charge is -2.18. The van der Waals surface area contributed by atoms with Crippen LogP contribution in [0.2, 0.25) is 0 Å². The van der Waals surface area contributed by atoms with Crippen molar-refractivity contribution in [1.29, 1.82) is 0 Å². The molecule has 1 atom stereocenters. The van der Waals surface area contributed by atoms with Gasteiger partial charge in [-0.05, 0) is 20.8 Å². The van der Waals surface area contributed by atoms with Crippen molar-refractivity contribution < 1.29 is 4.79 Å². The fourth-order valence-electron chi connectivity index (χ4n) is 1.23. The molecular weight excluding hydrogens is 172 g/mol. The molecule has 1 saturated heterocycles. The Morgan fingerprint density at radius 1 is 1.75 bits per heavy atom. The lowest BCUT2D eigenvalue weighted by atomic mass is 10.2. The van der Waals surface area contributed by atoms with Crippen LogP contribution in [-0.2, 0) is 4.79 Å². The third kappa shape index (κ3) is 2.38. The highest BCUT2D eigenvalue weighted by atomic mass is 32.2. The van der Waals surface area contributed by atoms with Gasteiger partial charge in [-0.25, -0.2) is 0 Å². The van der Waals surface area contributed by atoms with Crippen molar-refractivity contribution in [2.75, 3.05) is 12.3 Å². The Hall–Kier alpha value is -0.220. The number of nitrogens with one attached hydrogen (secondary N) is 2. The number of hydrogen-bond acceptors (Lipinski definition) is 3. The van der Waals surface area contributed by atoms with Crippen LogP contribution in [-0.4, -0.2) is 29.1 Å². The summed E-state index contributed by atoms with van der Waals surface area (Å²) in [5.74, 6) is 0.995. The van der Waals surface area contributed by atoms with Crippen LogP contribution in [0.4, 0.5) is 0 Å². The first-order valence-corrected chi connectivity index (χ1v) is 5.23. The van der Waals surface area contributed by atoms with Crippen LogP contribution in [0.25, 0.3) is 0 Å². The largest absolute Gasteiger partial charge is 0.355 e. The maximum Gasteiger partial charge on any atom is 0.238 e. The summed E-state index contributed by atoms with van der Waals surface area (Å²) in [6.07, 6.45) is 0. The van der Waals surface area contributed by atoms with Crippen molar-refractivity contribution >= 4 is 17.7 Å². The van der Waals surface area contributed by atoms with E-state index in [1.165, 1.54) is 0 Å². The first-order chi connectivity index (χ1) is 5.55. The van der Waals surface area contributed by atoms with Gasteiger partial charge in [0.05, 0.1) is 10.9 Å². The van der Waals surface area contributed by atoms with Gasteiger partial charge in [0.25, 0.3) is 0 Å². The Morgan fingerprint density at radius 2 is 2.42 bits per heavy atom. The van der Waals surface area contributed by atoms with E-state index in [-0.39, 0.29) is 16.8 Å². The van der Waals surface area contributed by atoms with E-state index in [0.717, 1.165) is 5.75 Å². The van der Waals surface area contributed by atoms with Crippen LogP contribution in [0.15, 0.2) is 0 Å². The number of carbonyl (C=O) groups is 1. The third-order valence-corrected chi connectivity index (χ3v) is 3.14. The molecule has 0 radical (unpaired) electrons. The average molecular weight is 188 g/mol. The van der Waals surface area contributed by atoms with Crippen molar-refractivity contribution in [1.82, 2.24) is 10.6 Å². The highest BCUT2D eigenvalue weighted by Crippen LogP contribution is 2.28. The molecule has 1 heterocycles. The van der Waals surface area contributed by atoms with Gasteiger partial charge >= 0.3 is 0 Å². The summed E-state index contributed by atoms with van der Waals surface area (Å²) >= 11 is 1.79. The van der Waals surface area contributed by atoms with Gasteiger partial charge in [-0.2, -0.15) is 0 Å². The molecule has 2 N–H and O–H groups in total. The Labute approximate surface area is 77.7 Å². The van der Waals surface area contributed by atoms with E-state index < -0.39 is 0 Å². The molecule has 0 bridgehead atoms. The van der Waals surface area contributed by atoms with Crippen molar-refractivity contribution in [3.8, 4) is 0 Å². The molecule has 1 aliphatic rings. The van der Waals surface area contributed by atoms with E-state index in [1.807, 2.05) is 6.92 Å². The molecule has 1 unspecified atom stereocenters. The Balaban J connectivity index is 2.41. The van der Waals surface area contributed by atoms with Gasteiger partial charge in [0, 0.05) is 12.3 Å². The van der Waals surface area contributed by atoms with Crippen molar-refractivity contribution in [2.24, 2.45) is 0 Å². The van der Waals surface area contributed by atoms with Gasteiger partial charge in [0.2, 0.25) is 5.91 Å². The summed E-state index contributed by atoms with van der Waals surface area (Å²) in [5.41, 5.74) is 0. The molecule has 4 heteroatoms. The van der Waals surface area contributed by atoms with E-state index in [1.54, 1.807) is 11.8 Å². The van der Waals surface area contributed by atoms with E-state index in [4.69, 9.17) is 0 Å². The van der Waals surface area contributed by atoms with Gasteiger partial charge < -0.3 is 5.32 Å². The van der Waals surface area contributed by atoms with Gasteiger partial charge in [-0.15, -0.1) is 11.8 Å². The number of carbonyl (C=O) groups excluding carboxylic acids is 1. The van der Waals surface area contributed by atoms with Crippen LogP contribution in [0.5, 0.6) is 0 Å². The number of rotatable bonds is 2. The van der Waals surface area contributed by atoms with Crippen LogP contribution < -0.4 is 10.6 Å². The number of likely N-dealkylation sites (N-methyl/N-ethyl adjacent to an activating group) is 1. The molecule has 0 saturated carbocycles. The summed E-state index contributed by atoms with van der Waals surface area (Å²) in [7, 11) is 0. The van der Waals surface area contributed by atoms with Gasteiger partial charge in [0.1, 0.15) is 0 Å². The summed E-state index contributed by atoms with van der Waals surface area (Å²) in [6.45, 7) is 6.83. The molecule has 1 aliphatic heterocycles. The van der Waals surface area contributed by atoms with Crippen LogP contribution >= 0.6 is 11.8 Å². The maximum atomic E-state index is 11.3. The van der Waals surface area contributed by atoms with Crippen molar-refractivity contribution in [3.63, 3.8) is 0 Å². The van der Waals surface area contributed by atoms with E-state index in [0.29, 0.717) is 6.54 Å². The average Bonchev–Trinajstić information content (AvgIpc) is 2.31. The minimum absolute atomic E-state index is 0.00931. The molecule has 0 aromatic heterocycles. The van der Waals surface area contributed by atoms with Crippen molar-refractivity contribution in [2.45, 2.75) is 31.7 Å². The third-order valence-electron chi connectivity index (χ3n) is 1.80. The predicted molar refractivity (Wildman–Crippen MR) is 52.1 cm³/mol. The summed E-state index contributed by atoms with van der Waals surface area (Å²) in [6, 6.07) is -0.00931. The summed E-state index contributed by atoms with van der Waals surface area (Å²) < 4.78 is 0. The molecule has 0 aromatic rings. The highest BCUT2D eigenvalue weighted by Gasteiger charge is 2.34. The van der Waals surface area contributed by atoms with E-state index in [9.17, 15) is 4.79 Å². The van der Waals surface area contributed by atoms with Gasteiger partial charge in [-0.3, -0.25) is 10.1 Å². The van der Waals surface area contributed by atoms with Crippen LogP contribution in [0.1, 0.15) is 20.8 Å². The zero-order chi connectivity index (χ0) is 9.19. The second-order valence-corrected chi connectivity index (χ2v) is 5.06. The van der Waals surface area contributed by atoms with Crippen LogP contribution in [0.3, 0.4) is 0 Å². The number of amides is 1. The molecule has 70 valence electrons. The highest BCUT2D eigenvalue weighted by molar-refractivity contribution is 8.00. The standard InChI is InChI=1S/C8H16N2OS/c1-4-9-7(11)6-5-12-8(2,3)10-6/h6,10H,4-5H2,1-3H3,(H,9,11). The molecule has 0 spiro atoms. The zero-order valence-corrected chi connectivity index (χ0v) is 8.62. The molecule has 3 nitrogen and oxygen atoms in total. The van der Waals surface area contributed by atoms with Gasteiger partial charge in [-0.1, -0.05) is 0 Å². The van der Waals surface area contributed by atoms with E-state index >= 15 is 0 Å². The quantitative estimate of drug-likeness (QED) is 0.665. The minimum Gasteiger partial charge on any atom is -0.355 e. The molecule has 0 aromatic carbocycles. The maximum absolute atomic E-state index is 11.3. The SMILES string of the molecule is CCNC(=O)C1CSC(C)(C)N1. The molecule has 1 amide bonds. The monoisotopic (exact) mass is 188 g/mol. The molecule has 1 rings (SSSR count). The topological polar surface area (TPSA) is 41.1 Å².